The first-order valence-corrected chi connectivity index (χ1v) is 13.4. The Labute approximate surface area is 211 Å². The zero-order valence-corrected chi connectivity index (χ0v) is 20.4. The highest BCUT2D eigenvalue weighted by molar-refractivity contribution is 5.89. The van der Waals surface area contributed by atoms with Gasteiger partial charge in [0, 0.05) is 24.2 Å². The van der Waals surface area contributed by atoms with E-state index in [-0.39, 0.29) is 6.04 Å². The Balaban J connectivity index is 1.25. The molecule has 0 aromatic heterocycles. The largest absolute Gasteiger partial charge is 0.482 e. The van der Waals surface area contributed by atoms with Gasteiger partial charge >= 0.3 is 5.97 Å². The maximum absolute atomic E-state index is 12.7. The fourth-order valence-corrected chi connectivity index (χ4v) is 7.77. The van der Waals surface area contributed by atoms with E-state index in [1.165, 1.54) is 25.3 Å². The van der Waals surface area contributed by atoms with Crippen molar-refractivity contribution in [1.82, 2.24) is 4.90 Å². The number of hydrogen-bond donors (Lipinski definition) is 2. The second-order valence-corrected chi connectivity index (χ2v) is 11.4. The molecule has 2 aromatic rings. The van der Waals surface area contributed by atoms with Crippen LogP contribution in [0.4, 0.5) is 0 Å². The van der Waals surface area contributed by atoms with E-state index >= 15 is 0 Å². The zero-order valence-electron chi connectivity index (χ0n) is 20.4. The van der Waals surface area contributed by atoms with Gasteiger partial charge < -0.3 is 19.7 Å². The zero-order chi connectivity index (χ0) is 24.5. The molecule has 2 aliphatic heterocycles. The second kappa shape index (κ2) is 8.17. The Kier molecular flexibility index (Phi) is 5.11. The van der Waals surface area contributed by atoms with Crippen LogP contribution < -0.4 is 9.47 Å². The number of nitrogens with zero attached hydrogens (tertiary/aromatic N) is 1. The van der Waals surface area contributed by atoms with Crippen molar-refractivity contribution in [3.05, 3.63) is 65.2 Å². The van der Waals surface area contributed by atoms with Gasteiger partial charge in [-0.3, -0.25) is 4.90 Å². The van der Waals surface area contributed by atoms with Crippen molar-refractivity contribution >= 4 is 12.0 Å². The molecule has 36 heavy (non-hydrogen) atoms. The minimum absolute atomic E-state index is 0.0195. The summed E-state index contributed by atoms with van der Waals surface area (Å²) in [6, 6.07) is 13.5. The summed E-state index contributed by atoms with van der Waals surface area (Å²) in [5, 5.41) is 23.5. The second-order valence-electron chi connectivity index (χ2n) is 11.4. The van der Waals surface area contributed by atoms with Crippen LogP contribution in [0, 0.1) is 5.92 Å². The number of aliphatic hydroxyl groups is 2. The van der Waals surface area contributed by atoms with Gasteiger partial charge in [-0.05, 0) is 74.3 Å². The first-order chi connectivity index (χ1) is 17.5. The SMILES string of the molecule is O=C(C=Cc1ccccc1)Oc1ccc2c3c1OC1C(O)CCC4(O)C(C2)N(CC2CCC2)CCC314. The van der Waals surface area contributed by atoms with E-state index in [9.17, 15) is 15.0 Å². The van der Waals surface area contributed by atoms with Gasteiger partial charge in [0.1, 0.15) is 6.10 Å². The number of carbonyl (C=O) groups is 1. The number of carbonyl (C=O) groups excluding carboxylic acids is 1. The molecule has 0 amide bonds. The van der Waals surface area contributed by atoms with E-state index in [2.05, 4.69) is 4.90 Å². The van der Waals surface area contributed by atoms with Crippen LogP contribution in [0.5, 0.6) is 11.5 Å². The number of piperidine rings is 1. The Hall–Kier alpha value is -2.67. The van der Waals surface area contributed by atoms with Crippen LogP contribution in [-0.2, 0) is 16.6 Å². The van der Waals surface area contributed by atoms with E-state index in [0.29, 0.717) is 24.3 Å². The van der Waals surface area contributed by atoms with Gasteiger partial charge in [0.2, 0.25) is 0 Å². The molecule has 2 N–H and O–H groups in total. The van der Waals surface area contributed by atoms with Crippen LogP contribution in [-0.4, -0.2) is 58.0 Å². The van der Waals surface area contributed by atoms with Crippen molar-refractivity contribution in [3.63, 3.8) is 0 Å². The molecule has 3 aliphatic carbocycles. The maximum Gasteiger partial charge on any atom is 0.336 e. The molecule has 2 saturated carbocycles. The molecule has 5 unspecified atom stereocenters. The summed E-state index contributed by atoms with van der Waals surface area (Å²) in [4.78, 5) is 15.2. The van der Waals surface area contributed by atoms with E-state index in [4.69, 9.17) is 9.47 Å². The van der Waals surface area contributed by atoms with Gasteiger partial charge in [0.05, 0.1) is 17.1 Å². The van der Waals surface area contributed by atoms with Crippen molar-refractivity contribution in [3.8, 4) is 11.5 Å². The normalized spacial score (nSPS) is 34.7. The summed E-state index contributed by atoms with van der Waals surface area (Å²) >= 11 is 0. The first kappa shape index (κ1) is 22.5. The molecule has 2 bridgehead atoms. The molecule has 3 fully saturated rings. The minimum atomic E-state index is -0.965. The Bertz CT molecular complexity index is 1220. The number of esters is 1. The lowest BCUT2D eigenvalue weighted by atomic mass is 9.48. The van der Waals surface area contributed by atoms with E-state index < -0.39 is 29.2 Å². The van der Waals surface area contributed by atoms with Crippen molar-refractivity contribution in [2.24, 2.45) is 5.92 Å². The molecule has 6 heteroatoms. The summed E-state index contributed by atoms with van der Waals surface area (Å²) in [6.07, 6.45) is 8.39. The van der Waals surface area contributed by atoms with E-state index in [1.807, 2.05) is 42.5 Å². The molecule has 1 saturated heterocycles. The van der Waals surface area contributed by atoms with Gasteiger partial charge in [0.25, 0.3) is 0 Å². The van der Waals surface area contributed by atoms with Crippen LogP contribution in [0.15, 0.2) is 48.5 Å². The third-order valence-electron chi connectivity index (χ3n) is 9.67. The summed E-state index contributed by atoms with van der Waals surface area (Å²) in [5.41, 5.74) is 1.39. The highest BCUT2D eigenvalue weighted by Crippen LogP contribution is 2.65. The van der Waals surface area contributed by atoms with Crippen LogP contribution in [0.3, 0.4) is 0 Å². The molecule has 5 aliphatic rings. The molecular formula is C30H33NO5. The van der Waals surface area contributed by atoms with Crippen LogP contribution in [0.25, 0.3) is 6.08 Å². The lowest BCUT2D eigenvalue weighted by Crippen LogP contribution is -2.77. The fraction of sp³-hybridized carbons (Fsp3) is 0.500. The highest BCUT2D eigenvalue weighted by Gasteiger charge is 2.73. The molecular weight excluding hydrogens is 454 g/mol. The topological polar surface area (TPSA) is 79.2 Å². The lowest BCUT2D eigenvalue weighted by Gasteiger charge is -2.64. The monoisotopic (exact) mass is 487 g/mol. The summed E-state index contributed by atoms with van der Waals surface area (Å²) < 4.78 is 12.2. The standard InChI is InChI=1S/C30H33NO5/c32-22-13-14-30(34)24-17-21-10-11-23(35-25(33)12-9-19-5-2-1-3-6-19)27-26(21)29(30,28(22)36-27)15-16-31(24)18-20-7-4-8-20/h1-3,5-6,9-12,20,22,24,28,32,34H,4,7-8,13-18H2. The number of benzene rings is 2. The fourth-order valence-electron chi connectivity index (χ4n) is 7.77. The molecule has 1 spiro atoms. The summed E-state index contributed by atoms with van der Waals surface area (Å²) in [6.45, 7) is 1.93. The number of rotatable bonds is 5. The summed E-state index contributed by atoms with van der Waals surface area (Å²) in [7, 11) is 0. The number of likely N-dealkylation sites (tertiary alicyclic amines) is 1. The van der Waals surface area contributed by atoms with Crippen molar-refractivity contribution in [1.29, 1.82) is 0 Å². The number of ether oxygens (including phenoxy) is 2. The molecule has 6 nitrogen and oxygen atoms in total. The van der Waals surface area contributed by atoms with E-state index in [0.717, 1.165) is 48.5 Å². The number of aliphatic hydroxyl groups excluding tert-OH is 1. The molecule has 2 aromatic carbocycles. The van der Waals surface area contributed by atoms with Crippen molar-refractivity contribution in [2.75, 3.05) is 13.1 Å². The first-order valence-electron chi connectivity index (χ1n) is 13.4. The third-order valence-corrected chi connectivity index (χ3v) is 9.67. The Morgan fingerprint density at radius 2 is 1.97 bits per heavy atom. The smallest absolute Gasteiger partial charge is 0.336 e. The molecule has 5 atom stereocenters. The third kappa shape index (κ3) is 3.11. The maximum atomic E-state index is 12.7. The molecule has 188 valence electrons. The Morgan fingerprint density at radius 1 is 1.14 bits per heavy atom. The predicted octanol–water partition coefficient (Wildman–Crippen LogP) is 3.62. The predicted molar refractivity (Wildman–Crippen MR) is 135 cm³/mol. The minimum Gasteiger partial charge on any atom is -0.482 e. The average molecular weight is 488 g/mol. The van der Waals surface area contributed by atoms with Crippen LogP contribution in [0.2, 0.25) is 0 Å². The molecule has 2 heterocycles. The van der Waals surface area contributed by atoms with Gasteiger partial charge in [-0.25, -0.2) is 4.79 Å². The van der Waals surface area contributed by atoms with Gasteiger partial charge in [-0.15, -0.1) is 0 Å². The molecule has 7 rings (SSSR count). The van der Waals surface area contributed by atoms with Gasteiger partial charge in [0.15, 0.2) is 11.5 Å². The summed E-state index contributed by atoms with van der Waals surface area (Å²) in [5.74, 6) is 1.15. The molecule has 0 radical (unpaired) electrons. The number of hydrogen-bond acceptors (Lipinski definition) is 6. The van der Waals surface area contributed by atoms with Gasteiger partial charge in [-0.1, -0.05) is 42.8 Å². The highest BCUT2D eigenvalue weighted by atomic mass is 16.6. The lowest BCUT2D eigenvalue weighted by molar-refractivity contribution is -0.209. The average Bonchev–Trinajstić information content (AvgIpc) is 3.21. The van der Waals surface area contributed by atoms with E-state index in [1.54, 1.807) is 6.08 Å². The van der Waals surface area contributed by atoms with Crippen molar-refractivity contribution in [2.45, 2.75) is 74.2 Å². The van der Waals surface area contributed by atoms with Crippen LogP contribution >= 0.6 is 0 Å². The van der Waals surface area contributed by atoms with Crippen molar-refractivity contribution < 1.29 is 24.5 Å². The Morgan fingerprint density at radius 3 is 2.75 bits per heavy atom. The van der Waals surface area contributed by atoms with Crippen LogP contribution in [0.1, 0.15) is 55.2 Å². The van der Waals surface area contributed by atoms with Gasteiger partial charge in [-0.2, -0.15) is 0 Å². The quantitative estimate of drug-likeness (QED) is 0.381.